The number of carbonyl (C=O) groups excluding carboxylic acids is 1. The Morgan fingerprint density at radius 2 is 2.29 bits per heavy atom. The van der Waals surface area contributed by atoms with Crippen LogP contribution in [0.4, 0.5) is 0 Å². The number of amides is 1. The zero-order valence-corrected chi connectivity index (χ0v) is 9.64. The lowest BCUT2D eigenvalue weighted by Gasteiger charge is -2.34. The van der Waals surface area contributed by atoms with E-state index in [1.165, 1.54) is 0 Å². The second kappa shape index (κ2) is 4.98. The number of ether oxygens (including phenoxy) is 1. The van der Waals surface area contributed by atoms with E-state index in [4.69, 9.17) is 10.00 Å². The Balaban J connectivity index is 1.94. The number of nitrogens with zero attached hydrogens (tertiary/aromatic N) is 1. The van der Waals surface area contributed by atoms with Crippen molar-refractivity contribution in [2.24, 2.45) is 0 Å². The topological polar surface area (TPSA) is 62.1 Å². The maximum absolute atomic E-state index is 11.8. The number of hydrogen-bond acceptors (Lipinski definition) is 3. The molecule has 0 aromatic heterocycles. The van der Waals surface area contributed by atoms with Crippen molar-refractivity contribution in [3.8, 4) is 6.07 Å². The number of methoxy groups -OCH3 is 1. The molecule has 0 aliphatic heterocycles. The van der Waals surface area contributed by atoms with E-state index in [0.29, 0.717) is 11.1 Å². The molecule has 1 aromatic rings. The predicted octanol–water partition coefficient (Wildman–Crippen LogP) is 1.47. The van der Waals surface area contributed by atoms with E-state index in [-0.39, 0.29) is 18.1 Å². The van der Waals surface area contributed by atoms with Gasteiger partial charge >= 0.3 is 0 Å². The molecule has 1 fully saturated rings. The molecule has 88 valence electrons. The summed E-state index contributed by atoms with van der Waals surface area (Å²) in [5, 5.41) is 11.7. The minimum Gasteiger partial charge on any atom is -0.381 e. The number of benzene rings is 1. The van der Waals surface area contributed by atoms with Gasteiger partial charge in [0.05, 0.1) is 17.7 Å². The second-order valence-electron chi connectivity index (χ2n) is 4.19. The molecule has 4 nitrogen and oxygen atoms in total. The van der Waals surface area contributed by atoms with Crippen LogP contribution >= 0.6 is 0 Å². The van der Waals surface area contributed by atoms with Crippen LogP contribution in [-0.4, -0.2) is 25.2 Å². The third-order valence-corrected chi connectivity index (χ3v) is 3.02. The molecule has 17 heavy (non-hydrogen) atoms. The van der Waals surface area contributed by atoms with Crippen LogP contribution < -0.4 is 5.32 Å². The highest BCUT2D eigenvalue weighted by Gasteiger charge is 2.30. The van der Waals surface area contributed by atoms with Gasteiger partial charge < -0.3 is 10.1 Å². The highest BCUT2D eigenvalue weighted by molar-refractivity contribution is 5.94. The molecule has 0 unspecified atom stereocenters. The SMILES string of the molecule is COC1CC(NC(=O)c2cccc(C#N)c2)C1. The lowest BCUT2D eigenvalue weighted by Crippen LogP contribution is -2.47. The van der Waals surface area contributed by atoms with Crippen molar-refractivity contribution in [3.05, 3.63) is 35.4 Å². The fourth-order valence-electron chi connectivity index (χ4n) is 1.87. The van der Waals surface area contributed by atoms with Crippen LogP contribution in [0.2, 0.25) is 0 Å². The number of nitriles is 1. The van der Waals surface area contributed by atoms with Gasteiger partial charge in [0, 0.05) is 18.7 Å². The lowest BCUT2D eigenvalue weighted by molar-refractivity contribution is 0.0176. The first-order valence-corrected chi connectivity index (χ1v) is 5.56. The largest absolute Gasteiger partial charge is 0.381 e. The third kappa shape index (κ3) is 2.63. The van der Waals surface area contributed by atoms with Crippen molar-refractivity contribution >= 4 is 5.91 Å². The molecule has 1 saturated carbocycles. The van der Waals surface area contributed by atoms with Crippen molar-refractivity contribution in [3.63, 3.8) is 0 Å². The van der Waals surface area contributed by atoms with Gasteiger partial charge in [-0.1, -0.05) is 6.07 Å². The molecule has 4 heteroatoms. The Morgan fingerprint density at radius 1 is 1.53 bits per heavy atom. The predicted molar refractivity (Wildman–Crippen MR) is 62.4 cm³/mol. The molecule has 0 bridgehead atoms. The fourth-order valence-corrected chi connectivity index (χ4v) is 1.87. The van der Waals surface area contributed by atoms with Gasteiger partial charge in [0.15, 0.2) is 0 Å². The van der Waals surface area contributed by atoms with Crippen molar-refractivity contribution < 1.29 is 9.53 Å². The Kier molecular flexibility index (Phi) is 3.40. The van der Waals surface area contributed by atoms with Crippen LogP contribution in [0, 0.1) is 11.3 Å². The minimum absolute atomic E-state index is 0.123. The van der Waals surface area contributed by atoms with Gasteiger partial charge in [-0.3, -0.25) is 4.79 Å². The summed E-state index contributed by atoms with van der Waals surface area (Å²) in [5.74, 6) is -0.123. The summed E-state index contributed by atoms with van der Waals surface area (Å²) >= 11 is 0. The van der Waals surface area contributed by atoms with E-state index in [1.54, 1.807) is 31.4 Å². The van der Waals surface area contributed by atoms with Crippen molar-refractivity contribution in [1.82, 2.24) is 5.32 Å². The van der Waals surface area contributed by atoms with Gasteiger partial charge in [0.2, 0.25) is 0 Å². The summed E-state index contributed by atoms with van der Waals surface area (Å²) in [6.07, 6.45) is 1.99. The van der Waals surface area contributed by atoms with Crippen LogP contribution in [0.25, 0.3) is 0 Å². The Morgan fingerprint density at radius 3 is 2.94 bits per heavy atom. The van der Waals surface area contributed by atoms with Gasteiger partial charge in [-0.2, -0.15) is 5.26 Å². The normalized spacial score (nSPS) is 22.4. The summed E-state index contributed by atoms with van der Waals surface area (Å²) in [6, 6.07) is 8.92. The van der Waals surface area contributed by atoms with Crippen LogP contribution in [0.5, 0.6) is 0 Å². The molecule has 0 spiro atoms. The number of nitrogens with one attached hydrogen (secondary N) is 1. The molecular formula is C13H14N2O2. The summed E-state index contributed by atoms with van der Waals surface area (Å²) < 4.78 is 5.15. The van der Waals surface area contributed by atoms with E-state index in [2.05, 4.69) is 5.32 Å². The molecule has 0 radical (unpaired) electrons. The summed E-state index contributed by atoms with van der Waals surface area (Å²) in [5.41, 5.74) is 1.03. The van der Waals surface area contributed by atoms with E-state index >= 15 is 0 Å². The zero-order chi connectivity index (χ0) is 12.3. The highest BCUT2D eigenvalue weighted by atomic mass is 16.5. The fraction of sp³-hybridized carbons (Fsp3) is 0.385. The smallest absolute Gasteiger partial charge is 0.251 e. The monoisotopic (exact) mass is 230 g/mol. The molecule has 0 atom stereocenters. The summed E-state index contributed by atoms with van der Waals surface area (Å²) in [7, 11) is 1.68. The van der Waals surface area contributed by atoms with E-state index < -0.39 is 0 Å². The average Bonchev–Trinajstić information content (AvgIpc) is 2.33. The molecule has 1 aliphatic rings. The molecule has 1 amide bonds. The van der Waals surface area contributed by atoms with E-state index in [0.717, 1.165) is 12.8 Å². The van der Waals surface area contributed by atoms with Crippen molar-refractivity contribution in [2.45, 2.75) is 25.0 Å². The number of hydrogen-bond donors (Lipinski definition) is 1. The van der Waals surface area contributed by atoms with Crippen LogP contribution in [0.1, 0.15) is 28.8 Å². The first-order valence-electron chi connectivity index (χ1n) is 5.56. The molecule has 1 N–H and O–H groups in total. The molecule has 1 aliphatic carbocycles. The van der Waals surface area contributed by atoms with Crippen molar-refractivity contribution in [1.29, 1.82) is 5.26 Å². The molecule has 0 heterocycles. The van der Waals surface area contributed by atoms with Gasteiger partial charge in [-0.15, -0.1) is 0 Å². The summed E-state index contributed by atoms with van der Waals surface area (Å²) in [4.78, 5) is 11.8. The first-order chi connectivity index (χ1) is 8.22. The van der Waals surface area contributed by atoms with Gasteiger partial charge in [-0.25, -0.2) is 0 Å². The summed E-state index contributed by atoms with van der Waals surface area (Å²) in [6.45, 7) is 0. The standard InChI is InChI=1S/C13H14N2O2/c1-17-12-6-11(7-12)15-13(16)10-4-2-3-9(5-10)8-14/h2-5,11-12H,6-7H2,1H3,(H,15,16). The Hall–Kier alpha value is -1.86. The minimum atomic E-state index is -0.123. The van der Waals surface area contributed by atoms with E-state index in [1.807, 2.05) is 6.07 Å². The van der Waals surface area contributed by atoms with Crippen LogP contribution in [0.15, 0.2) is 24.3 Å². The molecule has 2 rings (SSSR count). The second-order valence-corrected chi connectivity index (χ2v) is 4.19. The lowest BCUT2D eigenvalue weighted by atomic mass is 9.89. The first kappa shape index (κ1) is 11.6. The van der Waals surface area contributed by atoms with Crippen molar-refractivity contribution in [2.75, 3.05) is 7.11 Å². The van der Waals surface area contributed by atoms with E-state index in [9.17, 15) is 4.79 Å². The quantitative estimate of drug-likeness (QED) is 0.855. The third-order valence-electron chi connectivity index (χ3n) is 3.02. The number of carbonyl (C=O) groups is 1. The number of rotatable bonds is 3. The Bertz CT molecular complexity index is 459. The maximum Gasteiger partial charge on any atom is 0.251 e. The Labute approximate surface area is 100 Å². The molecular weight excluding hydrogens is 216 g/mol. The average molecular weight is 230 g/mol. The molecule has 1 aromatic carbocycles. The van der Waals surface area contributed by atoms with Gasteiger partial charge in [-0.05, 0) is 31.0 Å². The van der Waals surface area contributed by atoms with Gasteiger partial charge in [0.25, 0.3) is 5.91 Å². The van der Waals surface area contributed by atoms with Crippen LogP contribution in [-0.2, 0) is 4.74 Å². The van der Waals surface area contributed by atoms with Crippen LogP contribution in [0.3, 0.4) is 0 Å². The van der Waals surface area contributed by atoms with Gasteiger partial charge in [0.1, 0.15) is 0 Å². The molecule has 0 saturated heterocycles. The zero-order valence-electron chi connectivity index (χ0n) is 9.64. The maximum atomic E-state index is 11.8. The highest BCUT2D eigenvalue weighted by Crippen LogP contribution is 2.22.